The van der Waals surface area contributed by atoms with Crippen molar-refractivity contribution in [2.75, 3.05) is 5.32 Å². The summed E-state index contributed by atoms with van der Waals surface area (Å²) < 4.78 is 1.07. The molecule has 9 nitrogen and oxygen atoms in total. The smallest absolute Gasteiger partial charge is 0.295 e. The van der Waals surface area contributed by atoms with Crippen molar-refractivity contribution in [3.05, 3.63) is 91.0 Å². The van der Waals surface area contributed by atoms with Crippen molar-refractivity contribution in [2.45, 2.75) is 6.92 Å². The first-order valence-electron chi connectivity index (χ1n) is 9.14. The second-order valence-corrected chi connectivity index (χ2v) is 8.27. The molecule has 0 spiro atoms. The zero-order chi connectivity index (χ0) is 23.0. The second kappa shape index (κ2) is 8.33. The van der Waals surface area contributed by atoms with Crippen LogP contribution in [0.15, 0.2) is 54.6 Å². The minimum atomic E-state index is -0.875. The standard InChI is InChI=1S/C21H13ClN4O5S/c1-11-2-7-15-18(8-11)32-21(24-15)12-3-5-14(6-4-12)23-20(27)13-9-16(25(28)29)19(22)17(10-13)26(30)31/h2-10H,1H3,(H,23,27). The number of hydrogen-bond acceptors (Lipinski definition) is 7. The van der Waals surface area contributed by atoms with Gasteiger partial charge in [-0.3, -0.25) is 25.0 Å². The first kappa shape index (κ1) is 21.3. The molecule has 0 bridgehead atoms. The normalized spacial score (nSPS) is 10.8. The molecule has 0 aliphatic heterocycles. The Bertz CT molecular complexity index is 1370. The Balaban J connectivity index is 1.59. The predicted octanol–water partition coefficient (Wildman–Crippen LogP) is 5.99. The summed E-state index contributed by atoms with van der Waals surface area (Å²) >= 11 is 7.28. The molecule has 0 unspecified atom stereocenters. The number of carbonyl (C=O) groups is 1. The summed E-state index contributed by atoms with van der Waals surface area (Å²) in [5, 5.41) is 25.1. The fraction of sp³-hybridized carbons (Fsp3) is 0.0476. The number of nitro benzene ring substituents is 2. The lowest BCUT2D eigenvalue weighted by molar-refractivity contribution is -0.393. The number of carbonyl (C=O) groups excluding carboxylic acids is 1. The molecule has 0 aliphatic carbocycles. The number of aryl methyl sites for hydroxylation is 1. The SMILES string of the molecule is Cc1ccc2nc(-c3ccc(NC(=O)c4cc([N+](=O)[O-])c(Cl)c([N+](=O)[O-])c4)cc3)sc2c1. The Hall–Kier alpha value is -3.89. The summed E-state index contributed by atoms with van der Waals surface area (Å²) in [5.74, 6) is -0.740. The lowest BCUT2D eigenvalue weighted by atomic mass is 10.1. The molecule has 1 aromatic heterocycles. The van der Waals surface area contributed by atoms with Gasteiger partial charge in [-0.25, -0.2) is 4.98 Å². The molecule has 0 saturated heterocycles. The van der Waals surface area contributed by atoms with Crippen LogP contribution in [0.4, 0.5) is 17.1 Å². The van der Waals surface area contributed by atoms with Crippen molar-refractivity contribution in [1.29, 1.82) is 0 Å². The summed E-state index contributed by atoms with van der Waals surface area (Å²) in [6.45, 7) is 2.01. The number of halogens is 1. The number of rotatable bonds is 5. The summed E-state index contributed by atoms with van der Waals surface area (Å²) in [4.78, 5) is 37.7. The van der Waals surface area contributed by atoms with Crippen LogP contribution in [-0.4, -0.2) is 20.7 Å². The fourth-order valence-corrected chi connectivity index (χ4v) is 4.36. The quantitative estimate of drug-likeness (QED) is 0.283. The van der Waals surface area contributed by atoms with E-state index < -0.39 is 32.2 Å². The average Bonchev–Trinajstić information content (AvgIpc) is 3.17. The molecule has 1 amide bonds. The van der Waals surface area contributed by atoms with E-state index in [1.165, 1.54) is 0 Å². The molecule has 11 heteroatoms. The van der Waals surface area contributed by atoms with Crippen LogP contribution in [0.3, 0.4) is 0 Å². The summed E-state index contributed by atoms with van der Waals surface area (Å²) in [6, 6.07) is 14.7. The number of nitrogens with zero attached hydrogens (tertiary/aromatic N) is 3. The van der Waals surface area contributed by atoms with E-state index in [9.17, 15) is 25.0 Å². The second-order valence-electron chi connectivity index (χ2n) is 6.86. The number of amides is 1. The van der Waals surface area contributed by atoms with Crippen LogP contribution in [0.5, 0.6) is 0 Å². The van der Waals surface area contributed by atoms with Crippen LogP contribution in [0, 0.1) is 27.2 Å². The van der Waals surface area contributed by atoms with Crippen LogP contribution in [0.25, 0.3) is 20.8 Å². The molecule has 4 rings (SSSR count). The third-order valence-electron chi connectivity index (χ3n) is 4.62. The number of benzene rings is 3. The molecular weight excluding hydrogens is 456 g/mol. The van der Waals surface area contributed by atoms with Gasteiger partial charge < -0.3 is 5.32 Å². The van der Waals surface area contributed by atoms with Gasteiger partial charge in [-0.2, -0.15) is 0 Å². The van der Waals surface area contributed by atoms with Crippen LogP contribution >= 0.6 is 22.9 Å². The van der Waals surface area contributed by atoms with E-state index in [0.717, 1.165) is 38.5 Å². The average molecular weight is 469 g/mol. The minimum Gasteiger partial charge on any atom is -0.322 e. The highest BCUT2D eigenvalue weighted by Crippen LogP contribution is 2.35. The van der Waals surface area contributed by atoms with Crippen LogP contribution in [0.2, 0.25) is 5.02 Å². The Morgan fingerprint density at radius 1 is 1.00 bits per heavy atom. The lowest BCUT2D eigenvalue weighted by Gasteiger charge is -2.07. The predicted molar refractivity (Wildman–Crippen MR) is 123 cm³/mol. The molecule has 0 radical (unpaired) electrons. The maximum atomic E-state index is 12.6. The number of fused-ring (bicyclic) bond motifs is 1. The zero-order valence-electron chi connectivity index (χ0n) is 16.4. The largest absolute Gasteiger partial charge is 0.322 e. The van der Waals surface area contributed by atoms with Crippen LogP contribution < -0.4 is 5.32 Å². The highest BCUT2D eigenvalue weighted by Gasteiger charge is 2.27. The fourth-order valence-electron chi connectivity index (χ4n) is 3.05. The van der Waals surface area contributed by atoms with Crippen LogP contribution in [-0.2, 0) is 0 Å². The zero-order valence-corrected chi connectivity index (χ0v) is 17.9. The number of anilines is 1. The van der Waals surface area contributed by atoms with E-state index in [2.05, 4.69) is 16.4 Å². The van der Waals surface area contributed by atoms with Gasteiger partial charge in [0.1, 0.15) is 5.01 Å². The lowest BCUT2D eigenvalue weighted by Crippen LogP contribution is -2.13. The Kier molecular flexibility index (Phi) is 5.56. The number of aromatic nitrogens is 1. The molecule has 4 aromatic rings. The van der Waals surface area contributed by atoms with E-state index >= 15 is 0 Å². The summed E-state index contributed by atoms with van der Waals surface area (Å²) in [7, 11) is 0. The van der Waals surface area contributed by atoms with E-state index in [4.69, 9.17) is 11.6 Å². The van der Waals surface area contributed by atoms with Gasteiger partial charge in [-0.1, -0.05) is 17.7 Å². The highest BCUT2D eigenvalue weighted by molar-refractivity contribution is 7.21. The summed E-state index contributed by atoms with van der Waals surface area (Å²) in [6.07, 6.45) is 0. The van der Waals surface area contributed by atoms with Crippen molar-refractivity contribution < 1.29 is 14.6 Å². The van der Waals surface area contributed by atoms with E-state index in [0.29, 0.717) is 5.69 Å². The first-order valence-corrected chi connectivity index (χ1v) is 10.3. The highest BCUT2D eigenvalue weighted by atomic mass is 35.5. The molecule has 0 atom stereocenters. The monoisotopic (exact) mass is 468 g/mol. The van der Waals surface area contributed by atoms with Gasteiger partial charge in [-0.15, -0.1) is 11.3 Å². The number of nitro groups is 2. The van der Waals surface area contributed by atoms with Gasteiger partial charge in [0.2, 0.25) is 0 Å². The number of nitrogens with one attached hydrogen (secondary N) is 1. The van der Waals surface area contributed by atoms with Gasteiger partial charge in [0.25, 0.3) is 17.3 Å². The topological polar surface area (TPSA) is 128 Å². The number of hydrogen-bond donors (Lipinski definition) is 1. The molecular formula is C21H13ClN4O5S. The van der Waals surface area contributed by atoms with Gasteiger partial charge in [0.15, 0.2) is 5.02 Å². The first-order chi connectivity index (χ1) is 15.2. The van der Waals surface area contributed by atoms with Gasteiger partial charge in [0, 0.05) is 23.4 Å². The third kappa shape index (κ3) is 4.13. The van der Waals surface area contributed by atoms with Crippen molar-refractivity contribution >= 4 is 56.1 Å². The molecule has 0 fully saturated rings. The molecule has 0 aliphatic rings. The number of thiazole rings is 1. The molecule has 1 heterocycles. The van der Waals surface area contributed by atoms with Crippen molar-refractivity contribution in [3.63, 3.8) is 0 Å². The van der Waals surface area contributed by atoms with Crippen molar-refractivity contribution in [3.8, 4) is 10.6 Å². The Morgan fingerprint density at radius 2 is 1.62 bits per heavy atom. The summed E-state index contributed by atoms with van der Waals surface area (Å²) in [5.41, 5.74) is 1.64. The van der Waals surface area contributed by atoms with Crippen LogP contribution in [0.1, 0.15) is 15.9 Å². The van der Waals surface area contributed by atoms with Crippen molar-refractivity contribution in [2.24, 2.45) is 0 Å². The third-order valence-corrected chi connectivity index (χ3v) is 6.08. The van der Waals surface area contributed by atoms with E-state index in [-0.39, 0.29) is 5.56 Å². The minimum absolute atomic E-state index is 0.251. The molecule has 3 aromatic carbocycles. The molecule has 32 heavy (non-hydrogen) atoms. The van der Waals surface area contributed by atoms with E-state index in [1.807, 2.05) is 19.1 Å². The van der Waals surface area contributed by atoms with Gasteiger partial charge >= 0.3 is 0 Å². The Morgan fingerprint density at radius 3 is 2.22 bits per heavy atom. The Labute approximate surface area is 189 Å². The van der Waals surface area contributed by atoms with Gasteiger partial charge in [-0.05, 0) is 48.9 Å². The van der Waals surface area contributed by atoms with Crippen molar-refractivity contribution in [1.82, 2.24) is 4.98 Å². The van der Waals surface area contributed by atoms with Gasteiger partial charge in [0.05, 0.1) is 25.6 Å². The van der Waals surface area contributed by atoms with E-state index in [1.54, 1.807) is 35.6 Å². The maximum absolute atomic E-state index is 12.6. The molecule has 160 valence electrons. The molecule has 1 N–H and O–H groups in total. The maximum Gasteiger partial charge on any atom is 0.295 e. The molecule has 0 saturated carbocycles.